The number of hydrogen-bond acceptors (Lipinski definition) is 2. The first-order chi connectivity index (χ1) is 15.2. The summed E-state index contributed by atoms with van der Waals surface area (Å²) in [6, 6.07) is 27.5. The van der Waals surface area contributed by atoms with Crippen molar-refractivity contribution in [2.24, 2.45) is 7.05 Å². The fraction of sp³-hybridized carbons (Fsp3) is 0.0714. The first kappa shape index (κ1) is 17.8. The Bertz CT molecular complexity index is 1610. The first-order valence-electron chi connectivity index (χ1n) is 10.5. The van der Waals surface area contributed by atoms with E-state index in [-0.39, 0.29) is 0 Å². The van der Waals surface area contributed by atoms with Crippen LogP contribution in [0, 0.1) is 6.92 Å². The van der Waals surface area contributed by atoms with Crippen LogP contribution in [-0.2, 0) is 7.05 Å². The molecule has 3 aromatic carbocycles. The Hall–Kier alpha value is -3.98. The van der Waals surface area contributed by atoms with E-state index in [1.54, 1.807) is 0 Å². The zero-order valence-corrected chi connectivity index (χ0v) is 17.5. The second-order valence-electron chi connectivity index (χ2n) is 8.03. The molecule has 0 amide bonds. The predicted octanol–water partition coefficient (Wildman–Crippen LogP) is 6.60. The summed E-state index contributed by atoms with van der Waals surface area (Å²) in [5, 5.41) is 4.62. The number of aromatic nitrogens is 2. The summed E-state index contributed by atoms with van der Waals surface area (Å²) < 4.78 is 8.73. The molecule has 0 aliphatic rings. The molecule has 31 heavy (non-hydrogen) atoms. The third-order valence-electron chi connectivity index (χ3n) is 6.10. The Morgan fingerprint density at radius 2 is 1.58 bits per heavy atom. The maximum absolute atomic E-state index is 6.60. The fourth-order valence-corrected chi connectivity index (χ4v) is 4.51. The van der Waals surface area contributed by atoms with Gasteiger partial charge in [-0.3, -0.25) is 4.98 Å². The minimum Gasteiger partial charge on any atom is -0.453 e. The molecule has 0 radical (unpaired) electrons. The average Bonchev–Trinajstić information content (AvgIpc) is 3.18. The summed E-state index contributed by atoms with van der Waals surface area (Å²) in [5.41, 5.74) is 7.12. The average molecular weight is 401 g/mol. The summed E-state index contributed by atoms with van der Waals surface area (Å²) in [6.07, 6.45) is 3.95. The van der Waals surface area contributed by atoms with Gasteiger partial charge in [0.25, 0.3) is 0 Å². The molecule has 3 nitrogen and oxygen atoms in total. The molecule has 6 rings (SSSR count). The molecular weight excluding hydrogens is 380 g/mol. The van der Waals surface area contributed by atoms with Crippen LogP contribution in [0.15, 0.2) is 95.7 Å². The van der Waals surface area contributed by atoms with Crippen LogP contribution < -0.4 is 4.57 Å². The van der Waals surface area contributed by atoms with E-state index in [1.807, 2.05) is 12.3 Å². The van der Waals surface area contributed by atoms with Crippen LogP contribution in [0.1, 0.15) is 5.56 Å². The van der Waals surface area contributed by atoms with Gasteiger partial charge in [0.15, 0.2) is 11.8 Å². The molecule has 0 bridgehead atoms. The van der Waals surface area contributed by atoms with E-state index >= 15 is 0 Å². The van der Waals surface area contributed by atoms with Gasteiger partial charge in [0.05, 0.1) is 5.56 Å². The number of pyridine rings is 2. The molecule has 3 aromatic heterocycles. The molecule has 0 atom stereocenters. The molecule has 0 aliphatic carbocycles. The van der Waals surface area contributed by atoms with E-state index in [9.17, 15) is 0 Å². The summed E-state index contributed by atoms with van der Waals surface area (Å²) in [7, 11) is 2.07. The third kappa shape index (κ3) is 2.74. The SMILES string of the molecule is Cc1ccc2c(oc3c(-c4ccc5ccccc5c4)nccc32)c1-c1cccc[n+]1C. The summed E-state index contributed by atoms with van der Waals surface area (Å²) in [5.74, 6) is 0. The van der Waals surface area contributed by atoms with Crippen LogP contribution in [0.4, 0.5) is 0 Å². The number of hydrogen-bond donors (Lipinski definition) is 0. The number of rotatable bonds is 2. The van der Waals surface area contributed by atoms with Gasteiger partial charge in [0.2, 0.25) is 5.69 Å². The molecule has 0 aliphatic heterocycles. The van der Waals surface area contributed by atoms with E-state index in [1.165, 1.54) is 16.3 Å². The summed E-state index contributed by atoms with van der Waals surface area (Å²) in [6.45, 7) is 2.14. The molecule has 3 heterocycles. The van der Waals surface area contributed by atoms with Gasteiger partial charge >= 0.3 is 0 Å². The lowest BCUT2D eigenvalue weighted by Gasteiger charge is -2.05. The maximum Gasteiger partial charge on any atom is 0.216 e. The molecule has 0 spiro atoms. The van der Waals surface area contributed by atoms with Crippen molar-refractivity contribution < 1.29 is 8.98 Å². The van der Waals surface area contributed by atoms with Gasteiger partial charge in [0, 0.05) is 34.7 Å². The maximum atomic E-state index is 6.60. The molecule has 3 heteroatoms. The number of benzene rings is 3. The van der Waals surface area contributed by atoms with Crippen LogP contribution in [-0.4, -0.2) is 4.98 Å². The highest BCUT2D eigenvalue weighted by Crippen LogP contribution is 2.39. The Kier molecular flexibility index (Phi) is 3.90. The van der Waals surface area contributed by atoms with E-state index < -0.39 is 0 Å². The first-order valence-corrected chi connectivity index (χ1v) is 10.5. The van der Waals surface area contributed by atoms with Crippen LogP contribution in [0.5, 0.6) is 0 Å². The molecule has 6 aromatic rings. The molecular formula is C28H21N2O+. The van der Waals surface area contributed by atoms with E-state index in [4.69, 9.17) is 9.40 Å². The van der Waals surface area contributed by atoms with E-state index in [0.717, 1.165) is 44.5 Å². The third-order valence-corrected chi connectivity index (χ3v) is 6.10. The van der Waals surface area contributed by atoms with Crippen LogP contribution >= 0.6 is 0 Å². The van der Waals surface area contributed by atoms with Gasteiger partial charge in [-0.05, 0) is 41.5 Å². The number of nitrogens with zero attached hydrogens (tertiary/aromatic N) is 2. The van der Waals surface area contributed by atoms with Crippen molar-refractivity contribution in [1.82, 2.24) is 4.98 Å². The van der Waals surface area contributed by atoms with Crippen molar-refractivity contribution in [3.63, 3.8) is 0 Å². The molecule has 0 unspecified atom stereocenters. The lowest BCUT2D eigenvalue weighted by Crippen LogP contribution is -2.30. The smallest absolute Gasteiger partial charge is 0.216 e. The highest BCUT2D eigenvalue weighted by Gasteiger charge is 2.21. The number of aryl methyl sites for hydroxylation is 2. The standard InChI is InChI=1S/C28H21N2O/c1-18-10-13-22-23-14-15-29-26(21-12-11-19-7-3-4-8-20(19)17-21)28(23)31-27(22)25(18)24-9-5-6-16-30(24)2/h3-17H,1-2H3/q+1. The zero-order valence-electron chi connectivity index (χ0n) is 17.5. The minimum absolute atomic E-state index is 0.832. The largest absolute Gasteiger partial charge is 0.453 e. The number of fused-ring (bicyclic) bond motifs is 4. The normalized spacial score (nSPS) is 11.5. The number of furan rings is 1. The topological polar surface area (TPSA) is 29.9 Å². The Morgan fingerprint density at radius 1 is 0.774 bits per heavy atom. The van der Waals surface area contributed by atoms with Gasteiger partial charge in [-0.25, -0.2) is 4.57 Å². The van der Waals surface area contributed by atoms with Crippen LogP contribution in [0.25, 0.3) is 55.2 Å². The lowest BCUT2D eigenvalue weighted by molar-refractivity contribution is -0.660. The van der Waals surface area contributed by atoms with Crippen molar-refractivity contribution in [3.8, 4) is 22.5 Å². The van der Waals surface area contributed by atoms with Crippen LogP contribution in [0.2, 0.25) is 0 Å². The molecule has 0 saturated heterocycles. The molecule has 148 valence electrons. The second kappa shape index (κ2) is 6.78. The molecule has 0 fully saturated rings. The lowest BCUT2D eigenvalue weighted by atomic mass is 10.00. The Labute approximate surface area is 180 Å². The van der Waals surface area contributed by atoms with Crippen molar-refractivity contribution in [2.75, 3.05) is 0 Å². The highest BCUT2D eigenvalue weighted by atomic mass is 16.3. The van der Waals surface area contributed by atoms with Crippen molar-refractivity contribution >= 4 is 32.7 Å². The predicted molar refractivity (Wildman–Crippen MR) is 126 cm³/mol. The highest BCUT2D eigenvalue weighted by molar-refractivity contribution is 6.12. The minimum atomic E-state index is 0.832. The van der Waals surface area contributed by atoms with Crippen molar-refractivity contribution in [3.05, 3.63) is 96.8 Å². The van der Waals surface area contributed by atoms with Gasteiger partial charge in [0.1, 0.15) is 18.3 Å². The molecule has 0 saturated carbocycles. The monoisotopic (exact) mass is 401 g/mol. The summed E-state index contributed by atoms with van der Waals surface area (Å²) in [4.78, 5) is 4.72. The quantitative estimate of drug-likeness (QED) is 0.306. The Balaban J connectivity index is 1.67. The second-order valence-corrected chi connectivity index (χ2v) is 8.03. The molecule has 0 N–H and O–H groups in total. The van der Waals surface area contributed by atoms with Crippen molar-refractivity contribution in [2.45, 2.75) is 6.92 Å². The van der Waals surface area contributed by atoms with Gasteiger partial charge in [-0.15, -0.1) is 0 Å². The van der Waals surface area contributed by atoms with E-state index in [0.29, 0.717) is 0 Å². The van der Waals surface area contributed by atoms with Crippen LogP contribution in [0.3, 0.4) is 0 Å². The summed E-state index contributed by atoms with van der Waals surface area (Å²) >= 11 is 0. The van der Waals surface area contributed by atoms with Gasteiger partial charge in [-0.1, -0.05) is 48.5 Å². The van der Waals surface area contributed by atoms with E-state index in [2.05, 4.69) is 97.5 Å². The fourth-order valence-electron chi connectivity index (χ4n) is 4.51. The van der Waals surface area contributed by atoms with Gasteiger partial charge < -0.3 is 4.42 Å². The van der Waals surface area contributed by atoms with Crippen molar-refractivity contribution in [1.29, 1.82) is 0 Å². The Morgan fingerprint density at radius 3 is 2.45 bits per heavy atom. The zero-order chi connectivity index (χ0) is 20.9. The van der Waals surface area contributed by atoms with Gasteiger partial charge in [-0.2, -0.15) is 0 Å².